The van der Waals surface area contributed by atoms with Crippen molar-refractivity contribution in [1.82, 2.24) is 4.98 Å². The van der Waals surface area contributed by atoms with Gasteiger partial charge in [-0.3, -0.25) is 4.98 Å². The standard InChI is InChI=1S/C18H12F3N/c19-18(20,21)15-8-6-14(7-9-15)16-10-11-22-12-17(16)13-4-2-1-3-5-13/h1-12H. The molecule has 3 aromatic rings. The van der Waals surface area contributed by atoms with Crippen molar-refractivity contribution < 1.29 is 13.2 Å². The minimum Gasteiger partial charge on any atom is -0.264 e. The zero-order valence-electron chi connectivity index (χ0n) is 11.5. The van der Waals surface area contributed by atoms with Crippen LogP contribution in [0.4, 0.5) is 13.2 Å². The largest absolute Gasteiger partial charge is 0.416 e. The van der Waals surface area contributed by atoms with Crippen molar-refractivity contribution in [3.63, 3.8) is 0 Å². The number of hydrogen-bond acceptors (Lipinski definition) is 1. The van der Waals surface area contributed by atoms with Crippen molar-refractivity contribution in [3.05, 3.63) is 78.6 Å². The summed E-state index contributed by atoms with van der Waals surface area (Å²) in [5.74, 6) is 0. The number of aromatic nitrogens is 1. The Morgan fingerprint density at radius 1 is 0.682 bits per heavy atom. The lowest BCUT2D eigenvalue weighted by molar-refractivity contribution is -0.137. The minimum absolute atomic E-state index is 0.647. The Balaban J connectivity index is 2.06. The van der Waals surface area contributed by atoms with E-state index in [1.807, 2.05) is 36.4 Å². The quantitative estimate of drug-likeness (QED) is 0.614. The first kappa shape index (κ1) is 14.3. The first-order valence-electron chi connectivity index (χ1n) is 6.73. The third-order valence-corrected chi connectivity index (χ3v) is 3.43. The Morgan fingerprint density at radius 2 is 1.32 bits per heavy atom. The van der Waals surface area contributed by atoms with Gasteiger partial charge in [-0.25, -0.2) is 0 Å². The van der Waals surface area contributed by atoms with Gasteiger partial charge in [0.25, 0.3) is 0 Å². The fraction of sp³-hybridized carbons (Fsp3) is 0.0556. The van der Waals surface area contributed by atoms with Gasteiger partial charge in [0.2, 0.25) is 0 Å². The van der Waals surface area contributed by atoms with E-state index in [0.717, 1.165) is 34.4 Å². The number of halogens is 3. The summed E-state index contributed by atoms with van der Waals surface area (Å²) in [6, 6.07) is 16.6. The zero-order chi connectivity index (χ0) is 15.6. The van der Waals surface area contributed by atoms with Crippen molar-refractivity contribution in [2.24, 2.45) is 0 Å². The molecule has 0 atom stereocenters. The molecule has 0 aliphatic carbocycles. The van der Waals surface area contributed by atoms with Crippen LogP contribution in [-0.2, 0) is 6.18 Å². The zero-order valence-corrected chi connectivity index (χ0v) is 11.5. The van der Waals surface area contributed by atoms with E-state index < -0.39 is 11.7 Å². The SMILES string of the molecule is FC(F)(F)c1ccc(-c2ccncc2-c2ccccc2)cc1. The summed E-state index contributed by atoms with van der Waals surface area (Å²) < 4.78 is 38.0. The number of pyridine rings is 1. The molecule has 1 aromatic heterocycles. The van der Waals surface area contributed by atoms with Gasteiger partial charge in [-0.05, 0) is 34.9 Å². The normalized spacial score (nSPS) is 11.4. The lowest BCUT2D eigenvalue weighted by Crippen LogP contribution is -2.04. The second-order valence-corrected chi connectivity index (χ2v) is 4.86. The van der Waals surface area contributed by atoms with Crippen LogP contribution in [0.25, 0.3) is 22.3 Å². The van der Waals surface area contributed by atoms with Crippen molar-refractivity contribution in [2.75, 3.05) is 0 Å². The van der Waals surface area contributed by atoms with E-state index in [0.29, 0.717) is 0 Å². The number of rotatable bonds is 2. The highest BCUT2D eigenvalue weighted by molar-refractivity contribution is 5.82. The van der Waals surface area contributed by atoms with Gasteiger partial charge >= 0.3 is 6.18 Å². The van der Waals surface area contributed by atoms with Crippen LogP contribution in [0.15, 0.2) is 73.1 Å². The van der Waals surface area contributed by atoms with Crippen LogP contribution in [0.3, 0.4) is 0 Å². The third-order valence-electron chi connectivity index (χ3n) is 3.43. The molecule has 0 radical (unpaired) electrons. The summed E-state index contributed by atoms with van der Waals surface area (Å²) in [5.41, 5.74) is 2.81. The molecule has 0 amide bonds. The molecule has 0 spiro atoms. The summed E-state index contributed by atoms with van der Waals surface area (Å²) in [4.78, 5) is 4.12. The highest BCUT2D eigenvalue weighted by atomic mass is 19.4. The molecule has 0 saturated heterocycles. The number of benzene rings is 2. The number of hydrogen-bond donors (Lipinski definition) is 0. The average Bonchev–Trinajstić information content (AvgIpc) is 2.55. The predicted octanol–water partition coefficient (Wildman–Crippen LogP) is 5.43. The molecule has 1 nitrogen and oxygen atoms in total. The van der Waals surface area contributed by atoms with E-state index in [1.54, 1.807) is 12.4 Å². The van der Waals surface area contributed by atoms with Crippen LogP contribution < -0.4 is 0 Å². The summed E-state index contributed by atoms with van der Waals surface area (Å²) in [7, 11) is 0. The molecule has 0 fully saturated rings. The highest BCUT2D eigenvalue weighted by Gasteiger charge is 2.30. The van der Waals surface area contributed by atoms with E-state index in [2.05, 4.69) is 4.98 Å². The van der Waals surface area contributed by atoms with Crippen LogP contribution in [0.5, 0.6) is 0 Å². The molecular weight excluding hydrogens is 287 g/mol. The molecule has 0 unspecified atom stereocenters. The molecule has 4 heteroatoms. The molecule has 22 heavy (non-hydrogen) atoms. The fourth-order valence-corrected chi connectivity index (χ4v) is 2.33. The maximum Gasteiger partial charge on any atom is 0.416 e. The maximum atomic E-state index is 12.7. The topological polar surface area (TPSA) is 12.9 Å². The van der Waals surface area contributed by atoms with Gasteiger partial charge in [-0.1, -0.05) is 42.5 Å². The first-order chi connectivity index (χ1) is 10.6. The molecule has 3 rings (SSSR count). The Kier molecular flexibility index (Phi) is 3.67. The van der Waals surface area contributed by atoms with E-state index in [-0.39, 0.29) is 0 Å². The smallest absolute Gasteiger partial charge is 0.264 e. The Morgan fingerprint density at radius 3 is 1.95 bits per heavy atom. The Labute approximate surface area is 126 Å². The van der Waals surface area contributed by atoms with Crippen LogP contribution in [0, 0.1) is 0 Å². The van der Waals surface area contributed by atoms with Crippen molar-refractivity contribution in [2.45, 2.75) is 6.18 Å². The summed E-state index contributed by atoms with van der Waals surface area (Å²) in [6.45, 7) is 0. The van der Waals surface area contributed by atoms with Crippen LogP contribution in [0.2, 0.25) is 0 Å². The van der Waals surface area contributed by atoms with Gasteiger partial charge in [0.05, 0.1) is 5.56 Å². The number of alkyl halides is 3. The van der Waals surface area contributed by atoms with Gasteiger partial charge in [0.1, 0.15) is 0 Å². The monoisotopic (exact) mass is 299 g/mol. The van der Waals surface area contributed by atoms with Gasteiger partial charge in [-0.15, -0.1) is 0 Å². The van der Waals surface area contributed by atoms with Crippen LogP contribution in [0.1, 0.15) is 5.56 Å². The van der Waals surface area contributed by atoms with E-state index in [4.69, 9.17) is 0 Å². The molecule has 110 valence electrons. The van der Waals surface area contributed by atoms with Gasteiger partial charge in [0.15, 0.2) is 0 Å². The molecule has 1 heterocycles. The summed E-state index contributed by atoms with van der Waals surface area (Å²) in [5, 5.41) is 0. The highest BCUT2D eigenvalue weighted by Crippen LogP contribution is 2.34. The lowest BCUT2D eigenvalue weighted by Gasteiger charge is -2.11. The van der Waals surface area contributed by atoms with Gasteiger partial charge in [0, 0.05) is 18.0 Å². The number of nitrogens with zero attached hydrogens (tertiary/aromatic N) is 1. The van der Waals surface area contributed by atoms with Crippen molar-refractivity contribution in [1.29, 1.82) is 0 Å². The predicted molar refractivity (Wildman–Crippen MR) is 80.1 cm³/mol. The molecule has 0 aliphatic rings. The average molecular weight is 299 g/mol. The second-order valence-electron chi connectivity index (χ2n) is 4.86. The molecular formula is C18H12F3N. The van der Waals surface area contributed by atoms with Gasteiger partial charge in [-0.2, -0.15) is 13.2 Å². The molecule has 2 aromatic carbocycles. The molecule has 0 bridgehead atoms. The fourth-order valence-electron chi connectivity index (χ4n) is 2.33. The molecule has 0 N–H and O–H groups in total. The lowest BCUT2D eigenvalue weighted by atomic mass is 9.96. The van der Waals surface area contributed by atoms with Gasteiger partial charge < -0.3 is 0 Å². The molecule has 0 aliphatic heterocycles. The van der Waals surface area contributed by atoms with Crippen LogP contribution >= 0.6 is 0 Å². The van der Waals surface area contributed by atoms with E-state index >= 15 is 0 Å². The van der Waals surface area contributed by atoms with Crippen molar-refractivity contribution >= 4 is 0 Å². The van der Waals surface area contributed by atoms with Crippen LogP contribution in [-0.4, -0.2) is 4.98 Å². The third kappa shape index (κ3) is 2.86. The van der Waals surface area contributed by atoms with Crippen molar-refractivity contribution in [3.8, 4) is 22.3 Å². The minimum atomic E-state index is -4.32. The summed E-state index contributed by atoms with van der Waals surface area (Å²) in [6.07, 6.45) is -0.958. The van der Waals surface area contributed by atoms with E-state index in [1.165, 1.54) is 12.1 Å². The second kappa shape index (κ2) is 5.64. The van der Waals surface area contributed by atoms with E-state index in [9.17, 15) is 13.2 Å². The summed E-state index contributed by atoms with van der Waals surface area (Å²) >= 11 is 0. The Bertz CT molecular complexity index is 762. The Hall–Kier alpha value is -2.62. The maximum absolute atomic E-state index is 12.7. The first-order valence-corrected chi connectivity index (χ1v) is 6.73. The molecule has 0 saturated carbocycles.